The monoisotopic (exact) mass is 464 g/mol. The average Bonchev–Trinajstić information content (AvgIpc) is 3.41. The SMILES string of the molecule is CCCC(CC(=O)NC1CCC(C(=O)O)C1)NC(=O)OCC1c2ccccc2-c2ccccc21. The zero-order chi connectivity index (χ0) is 24.1. The van der Waals surface area contributed by atoms with Crippen molar-refractivity contribution in [1.82, 2.24) is 10.6 Å². The highest BCUT2D eigenvalue weighted by molar-refractivity contribution is 5.80. The molecule has 7 nitrogen and oxygen atoms in total. The Bertz CT molecular complexity index is 1010. The molecule has 3 N–H and O–H groups in total. The molecule has 3 atom stereocenters. The van der Waals surface area contributed by atoms with Crippen molar-refractivity contribution in [2.45, 2.75) is 63.5 Å². The predicted molar refractivity (Wildman–Crippen MR) is 128 cm³/mol. The van der Waals surface area contributed by atoms with Gasteiger partial charge < -0.3 is 20.5 Å². The smallest absolute Gasteiger partial charge is 0.407 e. The molecule has 0 aliphatic heterocycles. The number of amides is 2. The zero-order valence-electron chi connectivity index (χ0n) is 19.5. The number of alkyl carbamates (subject to hydrolysis) is 1. The van der Waals surface area contributed by atoms with Gasteiger partial charge >= 0.3 is 12.1 Å². The van der Waals surface area contributed by atoms with Gasteiger partial charge in [0.15, 0.2) is 0 Å². The first-order valence-corrected chi connectivity index (χ1v) is 12.1. The molecule has 1 fully saturated rings. The van der Waals surface area contributed by atoms with Gasteiger partial charge in [-0.3, -0.25) is 9.59 Å². The van der Waals surface area contributed by atoms with Crippen LogP contribution in [0.3, 0.4) is 0 Å². The Labute approximate surface area is 199 Å². The second-order valence-electron chi connectivity index (χ2n) is 9.27. The number of fused-ring (bicyclic) bond motifs is 3. The molecule has 2 aliphatic carbocycles. The molecule has 0 heterocycles. The van der Waals surface area contributed by atoms with Crippen LogP contribution < -0.4 is 10.6 Å². The van der Waals surface area contributed by atoms with E-state index in [0.29, 0.717) is 25.7 Å². The Kier molecular flexibility index (Phi) is 7.50. The van der Waals surface area contributed by atoms with E-state index < -0.39 is 18.0 Å². The molecule has 34 heavy (non-hydrogen) atoms. The molecular formula is C27H32N2O5. The molecule has 4 rings (SSSR count). The highest BCUT2D eigenvalue weighted by Crippen LogP contribution is 2.44. The molecular weight excluding hydrogens is 432 g/mol. The van der Waals surface area contributed by atoms with Crippen LogP contribution in [-0.2, 0) is 14.3 Å². The maximum atomic E-state index is 12.6. The van der Waals surface area contributed by atoms with E-state index in [0.717, 1.165) is 17.5 Å². The van der Waals surface area contributed by atoms with E-state index in [4.69, 9.17) is 9.84 Å². The third-order valence-electron chi connectivity index (χ3n) is 6.88. The van der Waals surface area contributed by atoms with Crippen molar-refractivity contribution in [3.05, 3.63) is 59.7 Å². The van der Waals surface area contributed by atoms with Crippen LogP contribution in [-0.4, -0.2) is 41.8 Å². The number of carbonyl (C=O) groups is 3. The second-order valence-corrected chi connectivity index (χ2v) is 9.27. The summed E-state index contributed by atoms with van der Waals surface area (Å²) in [6.07, 6.45) is 2.79. The van der Waals surface area contributed by atoms with Crippen molar-refractivity contribution >= 4 is 18.0 Å². The maximum absolute atomic E-state index is 12.6. The van der Waals surface area contributed by atoms with Crippen LogP contribution in [0.15, 0.2) is 48.5 Å². The van der Waals surface area contributed by atoms with Gasteiger partial charge in [-0.1, -0.05) is 61.9 Å². The fourth-order valence-corrected chi connectivity index (χ4v) is 5.23. The summed E-state index contributed by atoms with van der Waals surface area (Å²) in [5, 5.41) is 14.9. The Morgan fingerprint density at radius 2 is 1.68 bits per heavy atom. The molecule has 0 spiro atoms. The average molecular weight is 465 g/mol. The largest absolute Gasteiger partial charge is 0.481 e. The fourth-order valence-electron chi connectivity index (χ4n) is 5.23. The topological polar surface area (TPSA) is 105 Å². The van der Waals surface area contributed by atoms with Gasteiger partial charge in [0.05, 0.1) is 5.92 Å². The van der Waals surface area contributed by atoms with Gasteiger partial charge in [0, 0.05) is 24.4 Å². The number of carboxylic acids is 1. The quantitative estimate of drug-likeness (QED) is 0.508. The van der Waals surface area contributed by atoms with Gasteiger partial charge in [-0.25, -0.2) is 4.79 Å². The number of benzene rings is 2. The summed E-state index contributed by atoms with van der Waals surface area (Å²) in [7, 11) is 0. The predicted octanol–water partition coefficient (Wildman–Crippen LogP) is 4.45. The van der Waals surface area contributed by atoms with Crippen molar-refractivity contribution < 1.29 is 24.2 Å². The van der Waals surface area contributed by atoms with Crippen molar-refractivity contribution in [2.75, 3.05) is 6.61 Å². The van der Waals surface area contributed by atoms with E-state index in [1.807, 2.05) is 31.2 Å². The Balaban J connectivity index is 1.30. The lowest BCUT2D eigenvalue weighted by molar-refractivity contribution is -0.141. The lowest BCUT2D eigenvalue weighted by Crippen LogP contribution is -2.42. The molecule has 2 aliphatic rings. The molecule has 2 aromatic carbocycles. The van der Waals surface area contributed by atoms with Crippen LogP contribution in [0.1, 0.15) is 62.5 Å². The van der Waals surface area contributed by atoms with Crippen molar-refractivity contribution in [2.24, 2.45) is 5.92 Å². The molecule has 1 saturated carbocycles. The Morgan fingerprint density at radius 1 is 1.03 bits per heavy atom. The van der Waals surface area contributed by atoms with Crippen molar-refractivity contribution in [3.8, 4) is 11.1 Å². The molecule has 0 radical (unpaired) electrons. The van der Waals surface area contributed by atoms with Gasteiger partial charge in [-0.05, 0) is 47.9 Å². The van der Waals surface area contributed by atoms with Crippen LogP contribution in [0, 0.1) is 5.92 Å². The number of aliphatic carboxylic acids is 1. The van der Waals surface area contributed by atoms with Crippen LogP contribution in [0.5, 0.6) is 0 Å². The fraction of sp³-hybridized carbons (Fsp3) is 0.444. The maximum Gasteiger partial charge on any atom is 0.407 e. The molecule has 7 heteroatoms. The van der Waals surface area contributed by atoms with E-state index >= 15 is 0 Å². The second kappa shape index (κ2) is 10.7. The van der Waals surface area contributed by atoms with E-state index in [-0.39, 0.29) is 36.9 Å². The van der Waals surface area contributed by atoms with Gasteiger partial charge in [0.25, 0.3) is 0 Å². The Morgan fingerprint density at radius 3 is 2.26 bits per heavy atom. The normalized spacial score (nSPS) is 19.7. The van der Waals surface area contributed by atoms with Crippen molar-refractivity contribution in [3.63, 3.8) is 0 Å². The number of nitrogens with one attached hydrogen (secondary N) is 2. The number of hydrogen-bond donors (Lipinski definition) is 3. The summed E-state index contributed by atoms with van der Waals surface area (Å²) in [6.45, 7) is 2.22. The number of carboxylic acid groups (broad SMARTS) is 1. The first-order chi connectivity index (χ1) is 16.5. The Hall–Kier alpha value is -3.35. The first kappa shape index (κ1) is 23.8. The van der Waals surface area contributed by atoms with E-state index in [9.17, 15) is 14.4 Å². The molecule has 0 bridgehead atoms. The third-order valence-corrected chi connectivity index (χ3v) is 6.88. The van der Waals surface area contributed by atoms with Gasteiger partial charge in [0.1, 0.15) is 6.61 Å². The molecule has 3 unspecified atom stereocenters. The van der Waals surface area contributed by atoms with Crippen LogP contribution in [0.2, 0.25) is 0 Å². The van der Waals surface area contributed by atoms with Crippen molar-refractivity contribution in [1.29, 1.82) is 0 Å². The van der Waals surface area contributed by atoms with E-state index in [2.05, 4.69) is 34.9 Å². The minimum absolute atomic E-state index is 0.0179. The lowest BCUT2D eigenvalue weighted by Gasteiger charge is -2.20. The van der Waals surface area contributed by atoms with Gasteiger partial charge in [-0.2, -0.15) is 0 Å². The van der Waals surface area contributed by atoms with E-state index in [1.165, 1.54) is 11.1 Å². The van der Waals surface area contributed by atoms with Crippen LogP contribution in [0.4, 0.5) is 4.79 Å². The number of ether oxygens (including phenoxy) is 1. The number of rotatable bonds is 9. The highest BCUT2D eigenvalue weighted by Gasteiger charge is 2.31. The molecule has 2 aromatic rings. The van der Waals surface area contributed by atoms with Crippen LogP contribution >= 0.6 is 0 Å². The summed E-state index contributed by atoms with van der Waals surface area (Å²) in [5.74, 6) is -1.39. The standard InChI is InChI=1S/C27H32N2O5/c1-2-7-18(15-25(30)28-19-13-12-17(14-19)26(31)32)29-27(33)34-16-24-22-10-5-3-8-20(22)21-9-4-6-11-23(21)24/h3-6,8-11,17-19,24H,2,7,12-16H2,1H3,(H,28,30)(H,29,33)(H,31,32). The molecule has 180 valence electrons. The summed E-state index contributed by atoms with van der Waals surface area (Å²) in [4.78, 5) is 36.3. The zero-order valence-corrected chi connectivity index (χ0v) is 19.5. The van der Waals surface area contributed by atoms with Gasteiger partial charge in [-0.15, -0.1) is 0 Å². The summed E-state index contributed by atoms with van der Waals surface area (Å²) in [6, 6.07) is 15.9. The van der Waals surface area contributed by atoms with Gasteiger partial charge in [0.2, 0.25) is 5.91 Å². The summed E-state index contributed by atoms with van der Waals surface area (Å²) < 4.78 is 5.62. The summed E-state index contributed by atoms with van der Waals surface area (Å²) >= 11 is 0. The van der Waals surface area contributed by atoms with Crippen LogP contribution in [0.25, 0.3) is 11.1 Å². The molecule has 2 amide bonds. The first-order valence-electron chi connectivity index (χ1n) is 12.1. The minimum atomic E-state index is -0.808. The lowest BCUT2D eigenvalue weighted by atomic mass is 9.98. The number of hydrogen-bond acceptors (Lipinski definition) is 4. The minimum Gasteiger partial charge on any atom is -0.481 e. The molecule has 0 aromatic heterocycles. The number of carbonyl (C=O) groups excluding carboxylic acids is 2. The third kappa shape index (κ3) is 5.41. The summed E-state index contributed by atoms with van der Waals surface area (Å²) in [5.41, 5.74) is 4.64. The molecule has 0 saturated heterocycles. The van der Waals surface area contributed by atoms with E-state index in [1.54, 1.807) is 0 Å². The highest BCUT2D eigenvalue weighted by atomic mass is 16.5.